The molecule has 1 aliphatic heterocycles. The van der Waals surface area contributed by atoms with Gasteiger partial charge in [0.2, 0.25) is 0 Å². The number of likely N-dealkylation sites (tertiary alicyclic amines) is 1. The van der Waals surface area contributed by atoms with Gasteiger partial charge in [-0.1, -0.05) is 18.2 Å². The number of benzene rings is 1. The molecular weight excluding hydrogens is 321 g/mol. The molecule has 0 spiro atoms. The largest absolute Gasteiger partial charge is 0.389 e. The van der Waals surface area contributed by atoms with Crippen molar-refractivity contribution < 1.29 is 14.2 Å². The molecule has 1 aromatic carbocycles. The van der Waals surface area contributed by atoms with Crippen molar-refractivity contribution in [2.24, 2.45) is 0 Å². The van der Waals surface area contributed by atoms with Crippen LogP contribution in [0.2, 0.25) is 0 Å². The molecule has 2 heterocycles. The highest BCUT2D eigenvalue weighted by atomic mass is 19.1. The van der Waals surface area contributed by atoms with E-state index in [0.29, 0.717) is 18.2 Å². The molecule has 136 valence electrons. The fourth-order valence-corrected chi connectivity index (χ4v) is 3.37. The van der Waals surface area contributed by atoms with Crippen LogP contribution in [-0.4, -0.2) is 51.6 Å². The maximum atomic E-state index is 13.5. The minimum absolute atomic E-state index is 0.180. The topological polar surface area (TPSA) is 50.5 Å². The van der Waals surface area contributed by atoms with Crippen molar-refractivity contribution in [3.8, 4) is 0 Å². The summed E-state index contributed by atoms with van der Waals surface area (Å²) in [5, 5.41) is 14.6. The first-order chi connectivity index (χ1) is 12.1. The first-order valence-corrected chi connectivity index (χ1v) is 8.84. The fourth-order valence-electron chi connectivity index (χ4n) is 3.37. The van der Waals surface area contributed by atoms with E-state index in [1.165, 1.54) is 6.07 Å². The molecule has 2 atom stereocenters. The van der Waals surface area contributed by atoms with Gasteiger partial charge in [-0.2, -0.15) is 5.10 Å². The van der Waals surface area contributed by atoms with Crippen molar-refractivity contribution in [3.05, 3.63) is 53.6 Å². The highest BCUT2D eigenvalue weighted by Gasteiger charge is 2.26. The monoisotopic (exact) mass is 347 g/mol. The molecule has 0 unspecified atom stereocenters. The molecule has 3 rings (SSSR count). The summed E-state index contributed by atoms with van der Waals surface area (Å²) in [5.74, 6) is -0.272. The number of β-amino-alcohol motifs (C(OH)–C–C–N with tert-alkyl or cyclic N) is 1. The van der Waals surface area contributed by atoms with Crippen LogP contribution in [0.5, 0.6) is 0 Å². The predicted octanol–water partition coefficient (Wildman–Crippen LogP) is 2.37. The van der Waals surface area contributed by atoms with Gasteiger partial charge >= 0.3 is 0 Å². The van der Waals surface area contributed by atoms with Crippen LogP contribution < -0.4 is 0 Å². The second-order valence-corrected chi connectivity index (χ2v) is 6.79. The average molecular weight is 347 g/mol. The number of aliphatic hydroxyl groups is 1. The van der Waals surface area contributed by atoms with E-state index in [4.69, 9.17) is 4.74 Å². The maximum absolute atomic E-state index is 13.5. The van der Waals surface area contributed by atoms with Gasteiger partial charge < -0.3 is 9.84 Å². The number of ether oxygens (including phenoxy) is 1. The molecule has 1 aromatic heterocycles. The molecule has 6 heteroatoms. The van der Waals surface area contributed by atoms with Crippen molar-refractivity contribution >= 4 is 0 Å². The second-order valence-electron chi connectivity index (χ2n) is 6.79. The third kappa shape index (κ3) is 5.11. The first-order valence-electron chi connectivity index (χ1n) is 8.84. The molecule has 0 saturated carbocycles. The molecule has 2 aromatic rings. The normalized spacial score (nSPS) is 19.4. The summed E-state index contributed by atoms with van der Waals surface area (Å²) in [7, 11) is 0. The Hall–Kier alpha value is -1.76. The summed E-state index contributed by atoms with van der Waals surface area (Å²) in [6.45, 7) is 4.82. The molecule has 1 saturated heterocycles. The predicted molar refractivity (Wildman–Crippen MR) is 93.6 cm³/mol. The Morgan fingerprint density at radius 1 is 1.40 bits per heavy atom. The van der Waals surface area contributed by atoms with Crippen LogP contribution in [0.3, 0.4) is 0 Å². The van der Waals surface area contributed by atoms with E-state index in [1.807, 2.05) is 24.0 Å². The third-order valence-electron chi connectivity index (χ3n) is 4.63. The lowest BCUT2D eigenvalue weighted by atomic mass is 10.2. The Kier molecular flexibility index (Phi) is 6.18. The molecule has 0 radical (unpaired) electrons. The summed E-state index contributed by atoms with van der Waals surface area (Å²) in [6, 6.07) is 6.94. The van der Waals surface area contributed by atoms with Gasteiger partial charge in [0.05, 0.1) is 32.1 Å². The summed E-state index contributed by atoms with van der Waals surface area (Å²) >= 11 is 0. The number of aromatic nitrogens is 2. The minimum atomic E-state index is -0.577. The number of hydrogen-bond donors (Lipinski definition) is 1. The van der Waals surface area contributed by atoms with Gasteiger partial charge in [-0.15, -0.1) is 0 Å². The Morgan fingerprint density at radius 2 is 2.24 bits per heavy atom. The van der Waals surface area contributed by atoms with Gasteiger partial charge in [0.25, 0.3) is 0 Å². The van der Waals surface area contributed by atoms with E-state index >= 15 is 0 Å². The van der Waals surface area contributed by atoms with Gasteiger partial charge in [0, 0.05) is 24.3 Å². The van der Waals surface area contributed by atoms with E-state index in [9.17, 15) is 9.50 Å². The summed E-state index contributed by atoms with van der Waals surface area (Å²) in [6.07, 6.45) is 5.58. The highest BCUT2D eigenvalue weighted by molar-refractivity contribution is 5.16. The van der Waals surface area contributed by atoms with E-state index in [-0.39, 0.29) is 19.0 Å². The Bertz CT molecular complexity index is 676. The average Bonchev–Trinajstić information content (AvgIpc) is 3.19. The van der Waals surface area contributed by atoms with E-state index in [0.717, 1.165) is 31.5 Å². The van der Waals surface area contributed by atoms with Gasteiger partial charge in [-0.25, -0.2) is 4.39 Å². The third-order valence-corrected chi connectivity index (χ3v) is 4.63. The van der Waals surface area contributed by atoms with Gasteiger partial charge in [0.1, 0.15) is 5.82 Å². The number of nitrogens with zero attached hydrogens (tertiary/aromatic N) is 3. The maximum Gasteiger partial charge on any atom is 0.128 e. The fraction of sp³-hybridized carbons (Fsp3) is 0.526. The quantitative estimate of drug-likeness (QED) is 0.797. The van der Waals surface area contributed by atoms with E-state index in [1.54, 1.807) is 18.2 Å². The molecule has 5 nitrogen and oxygen atoms in total. The lowest BCUT2D eigenvalue weighted by molar-refractivity contribution is 0.00595. The number of hydrogen-bond acceptors (Lipinski definition) is 4. The van der Waals surface area contributed by atoms with Crippen LogP contribution in [0.15, 0.2) is 36.7 Å². The Balaban J connectivity index is 1.43. The molecule has 25 heavy (non-hydrogen) atoms. The van der Waals surface area contributed by atoms with Crippen LogP contribution >= 0.6 is 0 Å². The Labute approximate surface area is 148 Å². The number of aliphatic hydroxyl groups excluding tert-OH is 1. The zero-order valence-electron chi connectivity index (χ0n) is 14.6. The standard InChI is InChI=1S/C19H26FN3O2/c1-15-9-21-23(10-15)11-17-6-4-8-22(17)12-18(24)14-25-13-16-5-2-3-7-19(16)20/h2-3,5,7,9-10,17-18,24H,4,6,8,11-14H2,1H3/t17-,18-/m0/s1. The SMILES string of the molecule is Cc1cnn(C[C@@H]2CCCN2C[C@H](O)COCc2ccccc2F)c1. The van der Waals surface area contributed by atoms with E-state index < -0.39 is 6.10 Å². The van der Waals surface area contributed by atoms with Crippen LogP contribution in [0, 0.1) is 12.7 Å². The van der Waals surface area contributed by atoms with Gasteiger partial charge in [-0.3, -0.25) is 9.58 Å². The van der Waals surface area contributed by atoms with Crippen molar-refractivity contribution in [2.45, 2.75) is 45.1 Å². The number of aryl methyl sites for hydroxylation is 1. The minimum Gasteiger partial charge on any atom is -0.389 e. The Morgan fingerprint density at radius 3 is 3.00 bits per heavy atom. The molecule has 0 amide bonds. The number of rotatable bonds is 8. The molecule has 1 fully saturated rings. The van der Waals surface area contributed by atoms with Gasteiger partial charge in [0.15, 0.2) is 0 Å². The zero-order valence-corrected chi connectivity index (χ0v) is 14.6. The van der Waals surface area contributed by atoms with Gasteiger partial charge in [-0.05, 0) is 37.9 Å². The lowest BCUT2D eigenvalue weighted by Crippen LogP contribution is -2.40. The van der Waals surface area contributed by atoms with Crippen LogP contribution in [0.25, 0.3) is 0 Å². The van der Waals surface area contributed by atoms with Crippen LogP contribution in [0.4, 0.5) is 4.39 Å². The van der Waals surface area contributed by atoms with Crippen LogP contribution in [-0.2, 0) is 17.9 Å². The summed E-state index contributed by atoms with van der Waals surface area (Å²) in [5.41, 5.74) is 1.67. The van der Waals surface area contributed by atoms with E-state index in [2.05, 4.69) is 10.00 Å². The molecule has 0 aliphatic carbocycles. The first kappa shape index (κ1) is 18.0. The van der Waals surface area contributed by atoms with Crippen molar-refractivity contribution in [1.29, 1.82) is 0 Å². The summed E-state index contributed by atoms with van der Waals surface area (Å²) < 4.78 is 21.0. The van der Waals surface area contributed by atoms with Crippen molar-refractivity contribution in [2.75, 3.05) is 19.7 Å². The highest BCUT2D eigenvalue weighted by Crippen LogP contribution is 2.19. The molecular formula is C19H26FN3O2. The molecule has 0 bridgehead atoms. The summed E-state index contributed by atoms with van der Waals surface area (Å²) in [4.78, 5) is 2.30. The second kappa shape index (κ2) is 8.56. The van der Waals surface area contributed by atoms with Crippen LogP contribution in [0.1, 0.15) is 24.0 Å². The molecule has 1 N–H and O–H groups in total. The molecule has 1 aliphatic rings. The van der Waals surface area contributed by atoms with Crippen molar-refractivity contribution in [1.82, 2.24) is 14.7 Å². The van der Waals surface area contributed by atoms with Crippen molar-refractivity contribution in [3.63, 3.8) is 0 Å². The lowest BCUT2D eigenvalue weighted by Gasteiger charge is -2.26. The zero-order chi connectivity index (χ0) is 17.6. The smallest absolute Gasteiger partial charge is 0.128 e. The number of halogens is 1.